The molecule has 0 spiro atoms. The zero-order valence-electron chi connectivity index (χ0n) is 7.80. The quantitative estimate of drug-likeness (QED) is 0.475. The third-order valence-corrected chi connectivity index (χ3v) is 2.23. The number of hydrogen-bond acceptors (Lipinski definition) is 4. The zero-order chi connectivity index (χ0) is 10.7. The Morgan fingerprint density at radius 3 is 2.64 bits per heavy atom. The normalized spacial score (nSPS) is 9.93. The summed E-state index contributed by atoms with van der Waals surface area (Å²) < 4.78 is 9.83. The Labute approximate surface area is 89.4 Å². The Morgan fingerprint density at radius 2 is 2.21 bits per heavy atom. The predicted octanol–water partition coefficient (Wildman–Crippen LogP) is 2.10. The molecule has 1 aromatic rings. The van der Waals surface area contributed by atoms with E-state index in [0.717, 1.165) is 0 Å². The van der Waals surface area contributed by atoms with Crippen LogP contribution < -0.4 is 0 Å². The molecule has 14 heavy (non-hydrogen) atoms. The van der Waals surface area contributed by atoms with Gasteiger partial charge in [0.1, 0.15) is 12.2 Å². The molecule has 0 radical (unpaired) electrons. The Morgan fingerprint density at radius 1 is 1.57 bits per heavy atom. The van der Waals surface area contributed by atoms with Gasteiger partial charge in [-0.3, -0.25) is 9.59 Å². The lowest BCUT2D eigenvalue weighted by Crippen LogP contribution is -2.09. The van der Waals surface area contributed by atoms with E-state index < -0.39 is 5.97 Å². The molecule has 4 nitrogen and oxygen atoms in total. The Kier molecular flexibility index (Phi) is 3.46. The zero-order valence-corrected chi connectivity index (χ0v) is 9.38. The van der Waals surface area contributed by atoms with Crippen molar-refractivity contribution < 1.29 is 18.7 Å². The lowest BCUT2D eigenvalue weighted by Gasteiger charge is -1.96. The molecule has 0 aliphatic rings. The van der Waals surface area contributed by atoms with Crippen LogP contribution in [0.25, 0.3) is 0 Å². The van der Waals surface area contributed by atoms with Crippen LogP contribution in [0.1, 0.15) is 22.5 Å². The minimum atomic E-state index is -0.555. The first-order chi connectivity index (χ1) is 6.54. The van der Waals surface area contributed by atoms with Crippen molar-refractivity contribution in [2.45, 2.75) is 13.3 Å². The molecule has 0 bridgehead atoms. The van der Waals surface area contributed by atoms with E-state index in [9.17, 15) is 9.59 Å². The second kappa shape index (κ2) is 4.41. The van der Waals surface area contributed by atoms with Crippen molar-refractivity contribution in [3.63, 3.8) is 0 Å². The van der Waals surface area contributed by atoms with Crippen LogP contribution in [-0.4, -0.2) is 18.9 Å². The number of carbonyl (C=O) groups excluding carboxylic acids is 2. The van der Waals surface area contributed by atoms with Crippen LogP contribution in [0.4, 0.5) is 0 Å². The predicted molar refractivity (Wildman–Crippen MR) is 52.1 cm³/mol. The van der Waals surface area contributed by atoms with E-state index in [1.807, 2.05) is 0 Å². The maximum absolute atomic E-state index is 11.5. The number of carbonyl (C=O) groups is 2. The average Bonchev–Trinajstić information content (AvgIpc) is 2.45. The third-order valence-electron chi connectivity index (χ3n) is 1.64. The van der Waals surface area contributed by atoms with Crippen LogP contribution >= 0.6 is 15.9 Å². The first-order valence-corrected chi connectivity index (χ1v) is 4.70. The molecule has 0 unspecified atom stereocenters. The molecular formula is C9H9BrO4. The Hall–Kier alpha value is -1.10. The fraction of sp³-hybridized carbons (Fsp3) is 0.333. The molecule has 5 heteroatoms. The van der Waals surface area contributed by atoms with E-state index in [0.29, 0.717) is 16.0 Å². The number of rotatable bonds is 3. The lowest BCUT2D eigenvalue weighted by molar-refractivity contribution is -0.139. The molecule has 0 saturated carbocycles. The third kappa shape index (κ3) is 2.45. The SMILES string of the molecule is COC(=O)CC(=O)c1cc(C)oc1Br. The highest BCUT2D eigenvalue weighted by molar-refractivity contribution is 9.10. The van der Waals surface area contributed by atoms with Crippen molar-refractivity contribution in [3.8, 4) is 0 Å². The Bertz CT molecular complexity index is 367. The lowest BCUT2D eigenvalue weighted by atomic mass is 10.1. The van der Waals surface area contributed by atoms with Gasteiger partial charge in [0.25, 0.3) is 0 Å². The van der Waals surface area contributed by atoms with Crippen LogP contribution in [0.2, 0.25) is 0 Å². The number of methoxy groups -OCH3 is 1. The van der Waals surface area contributed by atoms with E-state index in [-0.39, 0.29) is 12.2 Å². The molecule has 0 amide bonds. The van der Waals surface area contributed by atoms with Crippen LogP contribution in [0.5, 0.6) is 0 Å². The van der Waals surface area contributed by atoms with Crippen LogP contribution in [0.15, 0.2) is 15.2 Å². The van der Waals surface area contributed by atoms with Gasteiger partial charge < -0.3 is 9.15 Å². The summed E-state index contributed by atoms with van der Waals surface area (Å²) in [7, 11) is 1.24. The van der Waals surface area contributed by atoms with E-state index >= 15 is 0 Å². The number of halogens is 1. The summed E-state index contributed by atoms with van der Waals surface area (Å²) in [4.78, 5) is 22.3. The highest BCUT2D eigenvalue weighted by Crippen LogP contribution is 2.22. The van der Waals surface area contributed by atoms with Gasteiger partial charge in [-0.15, -0.1) is 0 Å². The van der Waals surface area contributed by atoms with Gasteiger partial charge in [-0.25, -0.2) is 0 Å². The van der Waals surface area contributed by atoms with Crippen molar-refractivity contribution in [1.82, 2.24) is 0 Å². The minimum Gasteiger partial charge on any atom is -0.469 e. The van der Waals surface area contributed by atoms with E-state index in [1.165, 1.54) is 7.11 Å². The molecule has 76 valence electrons. The van der Waals surface area contributed by atoms with Gasteiger partial charge in [-0.1, -0.05) is 0 Å². The van der Waals surface area contributed by atoms with Crippen molar-refractivity contribution in [2.75, 3.05) is 7.11 Å². The minimum absolute atomic E-state index is 0.270. The van der Waals surface area contributed by atoms with Gasteiger partial charge in [0, 0.05) is 0 Å². The van der Waals surface area contributed by atoms with Gasteiger partial charge >= 0.3 is 5.97 Å². The van der Waals surface area contributed by atoms with Crippen molar-refractivity contribution in [2.24, 2.45) is 0 Å². The smallest absolute Gasteiger partial charge is 0.313 e. The number of ketones is 1. The summed E-state index contributed by atoms with van der Waals surface area (Å²) in [6.07, 6.45) is -0.270. The molecule has 0 aliphatic carbocycles. The molecule has 1 aromatic heterocycles. The number of ether oxygens (including phenoxy) is 1. The maximum Gasteiger partial charge on any atom is 0.313 e. The fourth-order valence-electron chi connectivity index (χ4n) is 0.974. The molecule has 0 aromatic carbocycles. The second-order valence-corrected chi connectivity index (χ2v) is 3.44. The van der Waals surface area contributed by atoms with Gasteiger partial charge in [0.15, 0.2) is 10.5 Å². The van der Waals surface area contributed by atoms with Gasteiger partial charge in [-0.2, -0.15) is 0 Å². The molecule has 1 rings (SSSR count). The average molecular weight is 261 g/mol. The summed E-state index contributed by atoms with van der Waals surface area (Å²) in [6, 6.07) is 1.58. The summed E-state index contributed by atoms with van der Waals surface area (Å²) in [5.41, 5.74) is 0.368. The molecule has 1 heterocycles. The fourth-order valence-corrected chi connectivity index (χ4v) is 1.57. The first kappa shape index (κ1) is 11.0. The van der Waals surface area contributed by atoms with Crippen molar-refractivity contribution in [3.05, 3.63) is 22.1 Å². The molecule has 0 fully saturated rings. The van der Waals surface area contributed by atoms with Crippen LogP contribution in [0.3, 0.4) is 0 Å². The Balaban J connectivity index is 2.79. The molecule has 0 aliphatic heterocycles. The number of esters is 1. The summed E-state index contributed by atoms with van der Waals surface area (Å²) in [5.74, 6) is -0.258. The molecule has 0 saturated heterocycles. The molecular weight excluding hydrogens is 252 g/mol. The first-order valence-electron chi connectivity index (χ1n) is 3.90. The summed E-state index contributed by atoms with van der Waals surface area (Å²) >= 11 is 3.09. The van der Waals surface area contributed by atoms with Gasteiger partial charge in [0.2, 0.25) is 0 Å². The van der Waals surface area contributed by atoms with Crippen LogP contribution in [0, 0.1) is 6.92 Å². The number of hydrogen-bond donors (Lipinski definition) is 0. The van der Waals surface area contributed by atoms with Crippen molar-refractivity contribution in [1.29, 1.82) is 0 Å². The topological polar surface area (TPSA) is 56.5 Å². The van der Waals surface area contributed by atoms with E-state index in [4.69, 9.17) is 4.42 Å². The van der Waals surface area contributed by atoms with Gasteiger partial charge in [-0.05, 0) is 28.9 Å². The maximum atomic E-state index is 11.5. The van der Waals surface area contributed by atoms with Crippen LogP contribution in [-0.2, 0) is 9.53 Å². The molecule has 0 atom stereocenters. The summed E-state index contributed by atoms with van der Waals surface area (Å²) in [6.45, 7) is 1.72. The molecule has 0 N–H and O–H groups in total. The number of Topliss-reactive ketones (excluding diaryl/α,β-unsaturated/α-hetero) is 1. The van der Waals surface area contributed by atoms with Gasteiger partial charge in [0.05, 0.1) is 12.7 Å². The van der Waals surface area contributed by atoms with E-state index in [2.05, 4.69) is 20.7 Å². The number of aryl methyl sites for hydroxylation is 1. The highest BCUT2D eigenvalue weighted by Gasteiger charge is 2.17. The monoisotopic (exact) mass is 260 g/mol. The second-order valence-electron chi connectivity index (χ2n) is 2.72. The largest absolute Gasteiger partial charge is 0.469 e. The highest BCUT2D eigenvalue weighted by atomic mass is 79.9. The van der Waals surface area contributed by atoms with Crippen molar-refractivity contribution >= 4 is 27.7 Å². The number of furan rings is 1. The standard InChI is InChI=1S/C9H9BrO4/c1-5-3-6(9(10)14-5)7(11)4-8(12)13-2/h3H,4H2,1-2H3. The summed E-state index contributed by atoms with van der Waals surface area (Å²) in [5, 5.41) is 0. The van der Waals surface area contributed by atoms with E-state index in [1.54, 1.807) is 13.0 Å².